The molecule has 1 aliphatic heterocycles. The van der Waals surface area contributed by atoms with E-state index in [2.05, 4.69) is 46.8 Å². The Labute approximate surface area is 89.1 Å². The van der Waals surface area contributed by atoms with Crippen LogP contribution < -0.4 is 0 Å². The first kappa shape index (κ1) is 11.2. The molecule has 2 nitrogen and oxygen atoms in total. The molecule has 0 aromatic rings. The van der Waals surface area contributed by atoms with Crippen LogP contribution in [0.25, 0.3) is 0 Å². The van der Waals surface area contributed by atoms with Crippen LogP contribution in [0.5, 0.6) is 0 Å². The summed E-state index contributed by atoms with van der Waals surface area (Å²) in [6, 6.07) is 0.548. The van der Waals surface area contributed by atoms with Crippen molar-refractivity contribution in [2.75, 3.05) is 25.0 Å². The highest BCUT2D eigenvalue weighted by molar-refractivity contribution is 9.09. The molecular formula is C10H18BrNO. The molecule has 0 aromatic carbocycles. The molecule has 76 valence electrons. The number of rotatable bonds is 3. The lowest BCUT2D eigenvalue weighted by Crippen LogP contribution is -2.48. The third-order valence-corrected chi connectivity index (χ3v) is 3.10. The summed E-state index contributed by atoms with van der Waals surface area (Å²) in [6.45, 7) is 7.22. The number of hydrogen-bond acceptors (Lipinski definition) is 2. The molecule has 1 aliphatic rings. The van der Waals surface area contributed by atoms with E-state index in [1.165, 1.54) is 0 Å². The smallest absolute Gasteiger partial charge is 0.0799 e. The summed E-state index contributed by atoms with van der Waals surface area (Å²) in [5.74, 6) is 0. The quantitative estimate of drug-likeness (QED) is 0.560. The maximum Gasteiger partial charge on any atom is 0.0799 e. The highest BCUT2D eigenvalue weighted by Crippen LogP contribution is 2.12. The van der Waals surface area contributed by atoms with E-state index in [0.717, 1.165) is 25.0 Å². The first-order valence-electron chi connectivity index (χ1n) is 4.80. The summed E-state index contributed by atoms with van der Waals surface area (Å²) < 4.78 is 5.64. The van der Waals surface area contributed by atoms with Gasteiger partial charge in [-0.1, -0.05) is 28.1 Å². The molecule has 1 rings (SSSR count). The van der Waals surface area contributed by atoms with E-state index in [1.54, 1.807) is 0 Å². The molecule has 1 fully saturated rings. The van der Waals surface area contributed by atoms with Crippen molar-refractivity contribution >= 4 is 15.9 Å². The van der Waals surface area contributed by atoms with Crippen LogP contribution in [0, 0.1) is 0 Å². The van der Waals surface area contributed by atoms with Crippen molar-refractivity contribution in [3.8, 4) is 0 Å². The van der Waals surface area contributed by atoms with Gasteiger partial charge in [-0.3, -0.25) is 4.90 Å². The Morgan fingerprint density at radius 1 is 1.62 bits per heavy atom. The molecule has 0 saturated carbocycles. The van der Waals surface area contributed by atoms with Crippen LogP contribution in [0.4, 0.5) is 0 Å². The monoisotopic (exact) mass is 247 g/mol. The zero-order valence-corrected chi connectivity index (χ0v) is 9.96. The topological polar surface area (TPSA) is 12.5 Å². The van der Waals surface area contributed by atoms with Crippen LogP contribution >= 0.6 is 15.9 Å². The predicted molar refractivity (Wildman–Crippen MR) is 59.4 cm³/mol. The number of ether oxygens (including phenoxy) is 1. The third kappa shape index (κ3) is 3.41. The van der Waals surface area contributed by atoms with Gasteiger partial charge in [0, 0.05) is 24.5 Å². The lowest BCUT2D eigenvalue weighted by molar-refractivity contribution is -0.0419. The lowest BCUT2D eigenvalue weighted by atomic mass is 10.2. The summed E-state index contributed by atoms with van der Waals surface area (Å²) in [7, 11) is 0. The van der Waals surface area contributed by atoms with Crippen LogP contribution in [-0.2, 0) is 4.74 Å². The number of halogens is 1. The van der Waals surface area contributed by atoms with Crippen molar-refractivity contribution in [3.63, 3.8) is 0 Å². The molecular weight excluding hydrogens is 230 g/mol. The van der Waals surface area contributed by atoms with Crippen LogP contribution in [-0.4, -0.2) is 42.1 Å². The Kier molecular flexibility index (Phi) is 4.99. The van der Waals surface area contributed by atoms with Gasteiger partial charge in [-0.15, -0.1) is 0 Å². The van der Waals surface area contributed by atoms with Gasteiger partial charge in [0.15, 0.2) is 0 Å². The Morgan fingerprint density at radius 2 is 2.38 bits per heavy atom. The van der Waals surface area contributed by atoms with E-state index in [0.29, 0.717) is 12.1 Å². The average Bonchev–Trinajstić information content (AvgIpc) is 2.17. The predicted octanol–water partition coefficient (Wildman–Crippen LogP) is 2.05. The van der Waals surface area contributed by atoms with E-state index < -0.39 is 0 Å². The molecule has 0 amide bonds. The van der Waals surface area contributed by atoms with E-state index in [1.807, 2.05) is 0 Å². The summed E-state index contributed by atoms with van der Waals surface area (Å²) in [4.78, 5) is 2.45. The van der Waals surface area contributed by atoms with Crippen molar-refractivity contribution in [1.82, 2.24) is 4.90 Å². The number of allylic oxidation sites excluding steroid dienone is 1. The maximum absolute atomic E-state index is 5.64. The van der Waals surface area contributed by atoms with Crippen LogP contribution in [0.15, 0.2) is 12.2 Å². The Morgan fingerprint density at radius 3 is 3.00 bits per heavy atom. The number of morpholine rings is 1. The second kappa shape index (κ2) is 5.78. The minimum atomic E-state index is 0.362. The summed E-state index contributed by atoms with van der Waals surface area (Å²) in [5.41, 5.74) is 0. The average molecular weight is 248 g/mol. The minimum absolute atomic E-state index is 0.362. The van der Waals surface area contributed by atoms with Crippen molar-refractivity contribution in [2.24, 2.45) is 0 Å². The van der Waals surface area contributed by atoms with E-state index in [-0.39, 0.29) is 0 Å². The fourth-order valence-corrected chi connectivity index (χ4v) is 1.86. The van der Waals surface area contributed by atoms with E-state index >= 15 is 0 Å². The summed E-state index contributed by atoms with van der Waals surface area (Å²) in [5, 5.41) is 0.937. The van der Waals surface area contributed by atoms with Crippen LogP contribution in [0.3, 0.4) is 0 Å². The third-order valence-electron chi connectivity index (χ3n) is 2.38. The Bertz CT molecular complexity index is 172. The van der Waals surface area contributed by atoms with Crippen molar-refractivity contribution in [3.05, 3.63) is 12.2 Å². The fraction of sp³-hybridized carbons (Fsp3) is 0.800. The van der Waals surface area contributed by atoms with Gasteiger partial charge in [-0.05, 0) is 13.8 Å². The summed E-state index contributed by atoms with van der Waals surface area (Å²) >= 11 is 3.46. The molecule has 0 N–H and O–H groups in total. The molecule has 2 unspecified atom stereocenters. The highest BCUT2D eigenvalue weighted by Gasteiger charge is 2.23. The molecule has 0 spiro atoms. The van der Waals surface area contributed by atoms with Gasteiger partial charge in [-0.2, -0.15) is 0 Å². The Balaban J connectivity index is 2.40. The van der Waals surface area contributed by atoms with Crippen molar-refractivity contribution in [1.29, 1.82) is 0 Å². The Hall–Kier alpha value is 0.140. The molecule has 0 aliphatic carbocycles. The molecule has 0 bridgehead atoms. The molecule has 1 saturated heterocycles. The minimum Gasteiger partial charge on any atom is -0.374 e. The fourth-order valence-electron chi connectivity index (χ4n) is 1.46. The van der Waals surface area contributed by atoms with Gasteiger partial charge in [0.05, 0.1) is 12.7 Å². The number of nitrogens with zero attached hydrogens (tertiary/aromatic N) is 1. The van der Waals surface area contributed by atoms with E-state index in [4.69, 9.17) is 4.74 Å². The number of alkyl halides is 1. The van der Waals surface area contributed by atoms with Gasteiger partial charge in [0.1, 0.15) is 0 Å². The van der Waals surface area contributed by atoms with Gasteiger partial charge < -0.3 is 4.74 Å². The first-order valence-corrected chi connectivity index (χ1v) is 5.92. The molecule has 0 radical (unpaired) electrons. The van der Waals surface area contributed by atoms with E-state index in [9.17, 15) is 0 Å². The normalized spacial score (nSPS) is 31.3. The standard InChI is InChI=1S/C10H18BrNO/c1-3-4-5-12-7-10(6-11)13-8-9(12)2/h3-4,9-10H,5-8H2,1-2H3/b4-3+. The SMILES string of the molecule is C/C=C/CN1CC(CBr)OCC1C. The van der Waals surface area contributed by atoms with Gasteiger partial charge >= 0.3 is 0 Å². The molecule has 13 heavy (non-hydrogen) atoms. The maximum atomic E-state index is 5.64. The number of hydrogen-bond donors (Lipinski definition) is 0. The lowest BCUT2D eigenvalue weighted by Gasteiger charge is -2.36. The van der Waals surface area contributed by atoms with Gasteiger partial charge in [0.25, 0.3) is 0 Å². The second-order valence-electron chi connectivity index (χ2n) is 3.48. The van der Waals surface area contributed by atoms with Crippen LogP contribution in [0.1, 0.15) is 13.8 Å². The van der Waals surface area contributed by atoms with Gasteiger partial charge in [-0.25, -0.2) is 0 Å². The molecule has 0 aromatic heterocycles. The molecule has 1 heterocycles. The summed E-state index contributed by atoms with van der Waals surface area (Å²) in [6.07, 6.45) is 4.67. The van der Waals surface area contributed by atoms with Crippen LogP contribution in [0.2, 0.25) is 0 Å². The first-order chi connectivity index (χ1) is 6.27. The second-order valence-corrected chi connectivity index (χ2v) is 4.13. The van der Waals surface area contributed by atoms with Crippen molar-refractivity contribution < 1.29 is 4.74 Å². The highest BCUT2D eigenvalue weighted by atomic mass is 79.9. The van der Waals surface area contributed by atoms with Crippen molar-refractivity contribution in [2.45, 2.75) is 26.0 Å². The zero-order chi connectivity index (χ0) is 9.68. The zero-order valence-electron chi connectivity index (χ0n) is 8.37. The largest absolute Gasteiger partial charge is 0.374 e. The molecule has 3 heteroatoms. The van der Waals surface area contributed by atoms with Gasteiger partial charge in [0.2, 0.25) is 0 Å². The molecule has 2 atom stereocenters.